The van der Waals surface area contributed by atoms with E-state index in [0.29, 0.717) is 19.3 Å². The van der Waals surface area contributed by atoms with Gasteiger partial charge in [-0.15, -0.1) is 0 Å². The lowest BCUT2D eigenvalue weighted by Crippen LogP contribution is -2.53. The summed E-state index contributed by atoms with van der Waals surface area (Å²) < 4.78 is 17.1. The number of aliphatic hydroxyl groups excluding tert-OH is 1. The maximum Gasteiger partial charge on any atom is 0.317 e. The Bertz CT molecular complexity index is 1030. The second kappa shape index (κ2) is 13.2. The van der Waals surface area contributed by atoms with Gasteiger partial charge in [-0.05, 0) is 85.8 Å². The maximum atomic E-state index is 14.3. The fourth-order valence-electron chi connectivity index (χ4n) is 8.23. The molecule has 3 aliphatic carbocycles. The summed E-state index contributed by atoms with van der Waals surface area (Å²) >= 11 is 0. The lowest BCUT2D eigenvalue weighted by molar-refractivity contribution is -0.167. The molecule has 2 bridgehead atoms. The normalized spacial score (nSPS) is 32.9. The molecular weight excluding hydrogens is 504 g/mol. The first-order valence-corrected chi connectivity index (χ1v) is 15.5. The summed E-state index contributed by atoms with van der Waals surface area (Å²) in [4.78, 5) is 27.7. The summed E-state index contributed by atoms with van der Waals surface area (Å²) in [7, 11) is 1.62. The van der Waals surface area contributed by atoms with Crippen molar-refractivity contribution in [1.29, 1.82) is 0 Å². The van der Waals surface area contributed by atoms with Crippen LogP contribution in [0.4, 0.5) is 0 Å². The van der Waals surface area contributed by atoms with Crippen molar-refractivity contribution in [3.8, 4) is 5.75 Å². The molecule has 6 heteroatoms. The first-order valence-electron chi connectivity index (χ1n) is 15.5. The number of aldehydes is 1. The van der Waals surface area contributed by atoms with E-state index in [2.05, 4.69) is 33.8 Å². The molecule has 7 atom stereocenters. The van der Waals surface area contributed by atoms with Crippen molar-refractivity contribution in [1.82, 2.24) is 0 Å². The van der Waals surface area contributed by atoms with Crippen LogP contribution in [0.15, 0.2) is 35.9 Å². The highest BCUT2D eigenvalue weighted by Gasteiger charge is 2.72. The van der Waals surface area contributed by atoms with E-state index in [0.717, 1.165) is 68.5 Å². The third-order valence-electron chi connectivity index (χ3n) is 10.3. The average Bonchev–Trinajstić information content (AvgIpc) is 3.60. The van der Waals surface area contributed by atoms with E-state index in [1.54, 1.807) is 7.11 Å². The van der Waals surface area contributed by atoms with Crippen molar-refractivity contribution < 1.29 is 28.9 Å². The van der Waals surface area contributed by atoms with E-state index in [9.17, 15) is 14.7 Å². The number of benzene rings is 1. The zero-order valence-corrected chi connectivity index (χ0v) is 25.2. The zero-order chi connectivity index (χ0) is 28.9. The van der Waals surface area contributed by atoms with E-state index >= 15 is 0 Å². The maximum absolute atomic E-state index is 14.3. The minimum Gasteiger partial charge on any atom is -0.497 e. The number of fused-ring (bicyclic) bond motifs is 2. The number of methoxy groups -OCH3 is 1. The van der Waals surface area contributed by atoms with Gasteiger partial charge in [0, 0.05) is 18.6 Å². The first kappa shape index (κ1) is 30.8. The molecule has 6 nitrogen and oxygen atoms in total. The SMILES string of the molecule is CCCCOCCCCC1C(C)C(O)CC1[C@@]1(C=O)CC2C=C(C(C)C)[C@@]1(C(=O)OCc1ccc(OC)cc1)C2. The van der Waals surface area contributed by atoms with Crippen LogP contribution in [0.5, 0.6) is 5.75 Å². The Balaban J connectivity index is 1.58. The summed E-state index contributed by atoms with van der Waals surface area (Å²) in [5, 5.41) is 11.1. The predicted molar refractivity (Wildman–Crippen MR) is 156 cm³/mol. The number of ether oxygens (including phenoxy) is 3. The van der Waals surface area contributed by atoms with Crippen LogP contribution in [0.25, 0.3) is 0 Å². The van der Waals surface area contributed by atoms with Crippen LogP contribution in [0.2, 0.25) is 0 Å². The van der Waals surface area contributed by atoms with Gasteiger partial charge in [0.15, 0.2) is 0 Å². The van der Waals surface area contributed by atoms with Gasteiger partial charge in [-0.1, -0.05) is 64.3 Å². The molecule has 0 spiro atoms. The molecule has 0 amide bonds. The van der Waals surface area contributed by atoms with E-state index in [1.165, 1.54) is 0 Å². The molecule has 0 heterocycles. The minimum atomic E-state index is -0.976. The minimum absolute atomic E-state index is 0.0583. The van der Waals surface area contributed by atoms with Crippen molar-refractivity contribution in [3.05, 3.63) is 41.5 Å². The van der Waals surface area contributed by atoms with Gasteiger partial charge in [-0.25, -0.2) is 0 Å². The van der Waals surface area contributed by atoms with Crippen LogP contribution in [0.3, 0.4) is 0 Å². The summed E-state index contributed by atoms with van der Waals surface area (Å²) in [6.07, 6.45) is 9.83. The van der Waals surface area contributed by atoms with Gasteiger partial charge < -0.3 is 24.1 Å². The predicted octanol–water partition coefficient (Wildman–Crippen LogP) is 6.54. The third kappa shape index (κ3) is 5.63. The van der Waals surface area contributed by atoms with Gasteiger partial charge >= 0.3 is 5.97 Å². The van der Waals surface area contributed by atoms with E-state index in [-0.39, 0.29) is 42.2 Å². The molecule has 0 saturated heterocycles. The number of allylic oxidation sites excluding steroid dienone is 1. The van der Waals surface area contributed by atoms with Crippen molar-refractivity contribution in [2.45, 2.75) is 91.8 Å². The molecule has 2 saturated carbocycles. The largest absolute Gasteiger partial charge is 0.497 e. The molecule has 0 aliphatic heterocycles. The topological polar surface area (TPSA) is 82.1 Å². The Morgan fingerprint density at radius 2 is 1.85 bits per heavy atom. The van der Waals surface area contributed by atoms with Gasteiger partial charge in [-0.2, -0.15) is 0 Å². The van der Waals surface area contributed by atoms with Gasteiger partial charge in [0.25, 0.3) is 0 Å². The van der Waals surface area contributed by atoms with Crippen molar-refractivity contribution >= 4 is 12.3 Å². The molecule has 0 radical (unpaired) electrons. The van der Waals surface area contributed by atoms with Gasteiger partial charge in [0.1, 0.15) is 24.1 Å². The summed E-state index contributed by atoms with van der Waals surface area (Å²) in [6, 6.07) is 7.52. The van der Waals surface area contributed by atoms with E-state index in [1.807, 2.05) is 24.3 Å². The highest BCUT2D eigenvalue weighted by Crippen LogP contribution is 2.71. The molecule has 2 fully saturated rings. The van der Waals surface area contributed by atoms with Crippen LogP contribution in [0, 0.1) is 40.4 Å². The zero-order valence-electron chi connectivity index (χ0n) is 25.2. The molecule has 1 aromatic rings. The highest BCUT2D eigenvalue weighted by atomic mass is 16.5. The van der Waals surface area contributed by atoms with Crippen LogP contribution in [-0.4, -0.2) is 43.8 Å². The Kier molecular flexibility index (Phi) is 10.2. The smallest absolute Gasteiger partial charge is 0.317 e. The third-order valence-corrected chi connectivity index (χ3v) is 10.3. The van der Waals surface area contributed by atoms with Crippen molar-refractivity contribution in [3.63, 3.8) is 0 Å². The van der Waals surface area contributed by atoms with Gasteiger partial charge in [-0.3, -0.25) is 4.79 Å². The number of aliphatic hydroxyl groups is 1. The van der Waals surface area contributed by atoms with Gasteiger partial charge in [0.05, 0.1) is 13.2 Å². The fourth-order valence-corrected chi connectivity index (χ4v) is 8.23. The Morgan fingerprint density at radius 1 is 1.12 bits per heavy atom. The number of carbonyl (C=O) groups is 2. The first-order chi connectivity index (χ1) is 19.2. The molecule has 4 rings (SSSR count). The Morgan fingerprint density at radius 3 is 2.50 bits per heavy atom. The average molecular weight is 555 g/mol. The number of hydrogen-bond donors (Lipinski definition) is 1. The standard InChI is InChI=1S/C34H50O6/c1-6-7-15-39-16-9-8-10-28-24(4)31(36)18-30(28)33(22-35)19-26-17-29(23(2)3)34(33,20-26)32(37)40-21-25-11-13-27(38-5)14-12-25/h11-14,17,22-24,26,28,30-31,36H,6-10,15-16,18-21H2,1-5H3/t24?,26?,28?,30?,31?,33-,34+/m0/s1. The Hall–Kier alpha value is -2.18. The molecular formula is C34H50O6. The molecule has 5 unspecified atom stereocenters. The molecule has 222 valence electrons. The summed E-state index contributed by atoms with van der Waals surface area (Å²) in [5.74, 6) is 0.971. The van der Waals surface area contributed by atoms with Crippen LogP contribution < -0.4 is 4.74 Å². The molecule has 3 aliphatic rings. The molecule has 0 aromatic heterocycles. The number of carbonyl (C=O) groups excluding carboxylic acids is 2. The van der Waals surface area contributed by atoms with E-state index < -0.39 is 16.9 Å². The fraction of sp³-hybridized carbons (Fsp3) is 0.706. The van der Waals surface area contributed by atoms with Crippen LogP contribution in [0.1, 0.15) is 84.6 Å². The monoisotopic (exact) mass is 554 g/mol. The van der Waals surface area contributed by atoms with Crippen molar-refractivity contribution in [2.75, 3.05) is 20.3 Å². The quantitative estimate of drug-likeness (QED) is 0.115. The van der Waals surface area contributed by atoms with Crippen molar-refractivity contribution in [2.24, 2.45) is 40.4 Å². The summed E-state index contributed by atoms with van der Waals surface area (Å²) in [5.41, 5.74) is 0.0917. The number of esters is 1. The van der Waals surface area contributed by atoms with E-state index in [4.69, 9.17) is 14.2 Å². The highest BCUT2D eigenvalue weighted by molar-refractivity contribution is 5.89. The lowest BCUT2D eigenvalue weighted by atomic mass is 9.52. The van der Waals surface area contributed by atoms with Gasteiger partial charge in [0.2, 0.25) is 0 Å². The molecule has 40 heavy (non-hydrogen) atoms. The molecule has 1 aromatic carbocycles. The second-order valence-electron chi connectivity index (χ2n) is 12.8. The second-order valence-corrected chi connectivity index (χ2v) is 12.8. The van der Waals surface area contributed by atoms with Crippen LogP contribution >= 0.6 is 0 Å². The summed E-state index contributed by atoms with van der Waals surface area (Å²) in [6.45, 7) is 10.2. The Labute approximate surface area is 240 Å². The number of unbranched alkanes of at least 4 members (excludes halogenated alkanes) is 2. The van der Waals surface area contributed by atoms with Crippen LogP contribution in [-0.2, 0) is 25.7 Å². The molecule has 1 N–H and O–H groups in total. The number of rotatable bonds is 15. The number of hydrogen-bond acceptors (Lipinski definition) is 6. The lowest BCUT2D eigenvalue weighted by Gasteiger charge is -2.49.